The minimum atomic E-state index is -2.63. The Morgan fingerprint density at radius 2 is 2.27 bits per heavy atom. The number of aliphatic carboxylic acids is 1. The monoisotopic (exact) mass is 391 g/mol. The Kier molecular flexibility index (Phi) is 4.38. The number of pyridine rings is 1. The Bertz CT molecular complexity index is 400. The molecule has 0 unspecified atom stereocenters. The number of carboxylic acid groups (broad SMARTS) is 1. The molecule has 1 N–H and O–H groups in total. The summed E-state index contributed by atoms with van der Waals surface area (Å²) in [6.45, 7) is 0. The molecular weight excluding hydrogens is 387 g/mol. The molecule has 0 saturated carbocycles. The molecule has 0 spiro atoms. The van der Waals surface area contributed by atoms with Gasteiger partial charge in [0.15, 0.2) is 0 Å². The van der Waals surface area contributed by atoms with E-state index in [9.17, 15) is 13.6 Å². The normalized spacial score (nSPS) is 10.7. The molecule has 0 amide bonds. The van der Waals surface area contributed by atoms with Gasteiger partial charge in [0, 0.05) is 14.2 Å². The number of nitrogens with zero attached hydrogens (tertiary/aromatic N) is 1. The average molecular weight is 392 g/mol. The second-order valence-electron chi connectivity index (χ2n) is 2.66. The molecule has 0 saturated heterocycles. The van der Waals surface area contributed by atoms with E-state index in [4.69, 9.17) is 5.11 Å². The zero-order valence-electron chi connectivity index (χ0n) is 7.18. The van der Waals surface area contributed by atoms with E-state index in [0.29, 0.717) is 3.57 Å². The second kappa shape index (κ2) is 5.15. The van der Waals surface area contributed by atoms with Gasteiger partial charge in [-0.1, -0.05) is 0 Å². The molecule has 3 nitrogen and oxygen atoms in total. The van der Waals surface area contributed by atoms with Crippen LogP contribution in [0.4, 0.5) is 8.78 Å². The van der Waals surface area contributed by atoms with Crippen molar-refractivity contribution in [3.63, 3.8) is 0 Å². The highest BCUT2D eigenvalue weighted by molar-refractivity contribution is 14.1. The fourth-order valence-corrected chi connectivity index (χ4v) is 2.08. The molecule has 82 valence electrons. The predicted molar refractivity (Wildman–Crippen MR) is 61.0 cm³/mol. The van der Waals surface area contributed by atoms with E-state index < -0.39 is 12.4 Å². The molecule has 1 aromatic rings. The van der Waals surface area contributed by atoms with Crippen LogP contribution in [-0.2, 0) is 11.2 Å². The third-order valence-corrected chi connectivity index (χ3v) is 4.37. The Morgan fingerprint density at radius 3 is 2.73 bits per heavy atom. The highest BCUT2D eigenvalue weighted by Gasteiger charge is 2.18. The molecule has 0 aliphatic rings. The van der Waals surface area contributed by atoms with Crippen molar-refractivity contribution >= 4 is 44.5 Å². The van der Waals surface area contributed by atoms with Crippen molar-refractivity contribution in [1.82, 2.24) is 4.98 Å². The lowest BCUT2D eigenvalue weighted by atomic mass is 10.2. The molecule has 7 heteroatoms. The van der Waals surface area contributed by atoms with E-state index in [-0.39, 0.29) is 22.2 Å². The van der Waals surface area contributed by atoms with Gasteiger partial charge in [0.25, 0.3) is 6.43 Å². The summed E-state index contributed by atoms with van der Waals surface area (Å²) in [6, 6.07) is 0. The van der Waals surface area contributed by atoms with Crippen LogP contribution in [0.5, 0.6) is 0 Å². The Labute approximate surface area is 106 Å². The highest BCUT2D eigenvalue weighted by Crippen LogP contribution is 2.31. The number of rotatable bonds is 3. The number of hydrogen-bond acceptors (Lipinski definition) is 2. The van der Waals surface area contributed by atoms with Crippen LogP contribution in [0, 0.1) is 3.57 Å². The van der Waals surface area contributed by atoms with Crippen molar-refractivity contribution in [2.24, 2.45) is 0 Å². The molecule has 0 radical (unpaired) electrons. The summed E-state index contributed by atoms with van der Waals surface area (Å²) >= 11 is 4.79. The smallest absolute Gasteiger partial charge is 0.309 e. The SMILES string of the molecule is O=C(O)Cc1ncc(C(F)F)c(Br)c1I. The molecule has 0 fully saturated rings. The fraction of sp³-hybridized carbons (Fsp3) is 0.250. The molecule has 0 atom stereocenters. The lowest BCUT2D eigenvalue weighted by Gasteiger charge is -2.07. The highest BCUT2D eigenvalue weighted by atomic mass is 127. The maximum absolute atomic E-state index is 12.4. The Hall–Kier alpha value is -0.310. The van der Waals surface area contributed by atoms with Crippen molar-refractivity contribution in [2.75, 3.05) is 0 Å². The number of carbonyl (C=O) groups is 1. The third kappa shape index (κ3) is 3.07. The van der Waals surface area contributed by atoms with Crippen LogP contribution in [-0.4, -0.2) is 16.1 Å². The Balaban J connectivity index is 3.15. The van der Waals surface area contributed by atoms with Gasteiger partial charge in [-0.25, -0.2) is 8.78 Å². The van der Waals surface area contributed by atoms with Crippen molar-refractivity contribution < 1.29 is 18.7 Å². The first-order valence-electron chi connectivity index (χ1n) is 3.76. The molecule has 1 heterocycles. The molecule has 0 aliphatic carbocycles. The fourth-order valence-electron chi connectivity index (χ4n) is 0.933. The lowest BCUT2D eigenvalue weighted by molar-refractivity contribution is -0.136. The van der Waals surface area contributed by atoms with Gasteiger partial charge in [-0.3, -0.25) is 9.78 Å². The van der Waals surface area contributed by atoms with E-state index in [0.717, 1.165) is 6.20 Å². The maximum atomic E-state index is 12.4. The topological polar surface area (TPSA) is 50.2 Å². The summed E-state index contributed by atoms with van der Waals surface area (Å²) in [7, 11) is 0. The minimum Gasteiger partial charge on any atom is -0.481 e. The van der Waals surface area contributed by atoms with Crippen molar-refractivity contribution in [3.8, 4) is 0 Å². The number of carboxylic acids is 1. The molecule has 1 aromatic heterocycles. The third-order valence-electron chi connectivity index (χ3n) is 1.61. The summed E-state index contributed by atoms with van der Waals surface area (Å²) in [4.78, 5) is 14.1. The molecule has 0 bridgehead atoms. The molecule has 15 heavy (non-hydrogen) atoms. The van der Waals surface area contributed by atoms with Crippen LogP contribution in [0.25, 0.3) is 0 Å². The molecule has 0 aromatic carbocycles. The number of hydrogen-bond donors (Lipinski definition) is 1. The zero-order valence-corrected chi connectivity index (χ0v) is 10.9. The zero-order chi connectivity index (χ0) is 11.6. The first kappa shape index (κ1) is 12.8. The largest absolute Gasteiger partial charge is 0.481 e. The quantitative estimate of drug-likeness (QED) is 0.806. The van der Waals surface area contributed by atoms with Crippen LogP contribution in [0.3, 0.4) is 0 Å². The van der Waals surface area contributed by atoms with Crippen LogP contribution < -0.4 is 0 Å². The van der Waals surface area contributed by atoms with E-state index in [1.54, 1.807) is 22.6 Å². The van der Waals surface area contributed by atoms with Crippen LogP contribution >= 0.6 is 38.5 Å². The average Bonchev–Trinajstić information content (AvgIpc) is 2.12. The van der Waals surface area contributed by atoms with Gasteiger partial charge in [-0.2, -0.15) is 0 Å². The summed E-state index contributed by atoms with van der Waals surface area (Å²) < 4.78 is 25.4. The summed E-state index contributed by atoms with van der Waals surface area (Å²) in [6.07, 6.45) is -1.91. The van der Waals surface area contributed by atoms with Crippen LogP contribution in [0.15, 0.2) is 10.7 Å². The second-order valence-corrected chi connectivity index (χ2v) is 4.53. The van der Waals surface area contributed by atoms with Crippen molar-refractivity contribution in [1.29, 1.82) is 0 Å². The standard InChI is InChI=1S/C8H5BrF2INO2/c9-6-3(8(10)11)2-13-4(7(6)12)1-5(14)15/h2,8H,1H2,(H,14,15). The number of alkyl halides is 2. The van der Waals surface area contributed by atoms with E-state index in [2.05, 4.69) is 20.9 Å². The first-order valence-corrected chi connectivity index (χ1v) is 5.63. The summed E-state index contributed by atoms with van der Waals surface area (Å²) in [5.41, 5.74) is 0.0490. The number of aromatic nitrogens is 1. The maximum Gasteiger partial charge on any atom is 0.309 e. The Morgan fingerprint density at radius 1 is 1.67 bits per heavy atom. The summed E-state index contributed by atoms with van der Waals surface area (Å²) in [5.74, 6) is -1.04. The lowest BCUT2D eigenvalue weighted by Crippen LogP contribution is -2.06. The van der Waals surface area contributed by atoms with Gasteiger partial charge >= 0.3 is 5.97 Å². The van der Waals surface area contributed by atoms with E-state index in [1.165, 1.54) is 0 Å². The van der Waals surface area contributed by atoms with Gasteiger partial charge in [-0.15, -0.1) is 0 Å². The first-order chi connectivity index (χ1) is 6.93. The van der Waals surface area contributed by atoms with E-state index in [1.807, 2.05) is 0 Å². The van der Waals surface area contributed by atoms with Crippen molar-refractivity contribution in [2.45, 2.75) is 12.8 Å². The molecule has 1 rings (SSSR count). The van der Waals surface area contributed by atoms with Crippen molar-refractivity contribution in [3.05, 3.63) is 25.5 Å². The van der Waals surface area contributed by atoms with Gasteiger partial charge in [0.2, 0.25) is 0 Å². The summed E-state index contributed by atoms with van der Waals surface area (Å²) in [5, 5.41) is 8.55. The molecular formula is C8H5BrF2INO2. The van der Waals surface area contributed by atoms with Gasteiger partial charge in [-0.05, 0) is 38.5 Å². The van der Waals surface area contributed by atoms with E-state index >= 15 is 0 Å². The minimum absolute atomic E-state index is 0.212. The van der Waals surface area contributed by atoms with Gasteiger partial charge < -0.3 is 5.11 Å². The molecule has 0 aliphatic heterocycles. The van der Waals surface area contributed by atoms with Crippen LogP contribution in [0.1, 0.15) is 17.7 Å². The predicted octanol–water partition coefficient (Wildman–Crippen LogP) is 3.01. The van der Waals surface area contributed by atoms with Crippen LogP contribution in [0.2, 0.25) is 0 Å². The van der Waals surface area contributed by atoms with Gasteiger partial charge in [0.05, 0.1) is 17.7 Å². The van der Waals surface area contributed by atoms with Gasteiger partial charge in [0.1, 0.15) is 0 Å². The number of halogens is 4.